The van der Waals surface area contributed by atoms with Crippen LogP contribution in [0, 0.1) is 13.8 Å². The molecule has 0 saturated heterocycles. The van der Waals surface area contributed by atoms with Crippen molar-refractivity contribution in [3.63, 3.8) is 0 Å². The van der Waals surface area contributed by atoms with Crippen LogP contribution in [0.1, 0.15) is 18.1 Å². The molecule has 0 spiro atoms. The fourth-order valence-electron chi connectivity index (χ4n) is 2.10. The molecule has 1 aromatic heterocycles. The Balaban J connectivity index is 2.17. The molecule has 1 amide bonds. The Bertz CT molecular complexity index is 616. The third-order valence-corrected chi connectivity index (χ3v) is 4.27. The fourth-order valence-corrected chi connectivity index (χ4v) is 3.01. The van der Waals surface area contributed by atoms with Crippen LogP contribution < -0.4 is 0 Å². The van der Waals surface area contributed by atoms with Gasteiger partial charge in [-0.1, -0.05) is 17.8 Å². The van der Waals surface area contributed by atoms with E-state index >= 15 is 0 Å². The number of carbonyl (C=O) groups is 1. The minimum absolute atomic E-state index is 0.123. The Morgan fingerprint density at radius 3 is 2.57 bits per heavy atom. The molecule has 0 radical (unpaired) electrons. The minimum atomic E-state index is 0.123. The van der Waals surface area contributed by atoms with Crippen molar-refractivity contribution in [1.29, 1.82) is 0 Å². The van der Waals surface area contributed by atoms with Gasteiger partial charge in [-0.25, -0.2) is 4.98 Å². The number of aryl methyl sites for hydroxylation is 2. The summed E-state index contributed by atoms with van der Waals surface area (Å²) in [6.07, 6.45) is 3.71. The lowest BCUT2D eigenvalue weighted by Crippen LogP contribution is -2.27. The number of benzene rings is 1. The smallest absolute Gasteiger partial charge is 0.232 e. The second kappa shape index (κ2) is 6.80. The molecular weight excluding hydrogens is 282 g/mol. The van der Waals surface area contributed by atoms with Gasteiger partial charge in [-0.05, 0) is 44.0 Å². The first kappa shape index (κ1) is 15.6. The highest BCUT2D eigenvalue weighted by Gasteiger charge is 2.11. The molecule has 0 bridgehead atoms. The van der Waals surface area contributed by atoms with Crippen molar-refractivity contribution in [1.82, 2.24) is 14.5 Å². The highest BCUT2D eigenvalue weighted by atomic mass is 32.2. The maximum Gasteiger partial charge on any atom is 0.232 e. The first-order valence-electron chi connectivity index (χ1n) is 7.00. The normalized spacial score (nSPS) is 10.7. The van der Waals surface area contributed by atoms with E-state index in [1.54, 1.807) is 11.1 Å². The summed E-state index contributed by atoms with van der Waals surface area (Å²) in [5.41, 5.74) is 3.52. The van der Waals surface area contributed by atoms with Gasteiger partial charge in [0.2, 0.25) is 5.91 Å². The highest BCUT2D eigenvalue weighted by Crippen LogP contribution is 2.22. The molecule has 0 aliphatic rings. The van der Waals surface area contributed by atoms with Crippen molar-refractivity contribution >= 4 is 17.7 Å². The standard InChI is InChI=1S/C16H21N3OS/c1-5-18(4)15(20)11-21-16-17-6-7-19(16)14-9-12(2)8-13(3)10-14/h6-10H,5,11H2,1-4H3. The predicted molar refractivity (Wildman–Crippen MR) is 87.1 cm³/mol. The number of thioether (sulfide) groups is 1. The number of rotatable bonds is 5. The largest absolute Gasteiger partial charge is 0.345 e. The summed E-state index contributed by atoms with van der Waals surface area (Å²) in [5, 5.41) is 0.845. The Kier molecular flexibility index (Phi) is 5.07. The van der Waals surface area contributed by atoms with E-state index in [0.717, 1.165) is 17.4 Å². The lowest BCUT2D eigenvalue weighted by Gasteiger charge is -2.14. The average molecular weight is 303 g/mol. The minimum Gasteiger partial charge on any atom is -0.345 e. The maximum atomic E-state index is 11.9. The van der Waals surface area contributed by atoms with Crippen molar-refractivity contribution in [3.05, 3.63) is 41.7 Å². The third kappa shape index (κ3) is 3.88. The zero-order valence-electron chi connectivity index (χ0n) is 13.0. The van der Waals surface area contributed by atoms with E-state index in [-0.39, 0.29) is 5.91 Å². The molecule has 1 heterocycles. The molecule has 0 N–H and O–H groups in total. The van der Waals surface area contributed by atoms with Gasteiger partial charge in [0.1, 0.15) is 0 Å². The second-order valence-corrected chi connectivity index (χ2v) is 6.06. The molecule has 21 heavy (non-hydrogen) atoms. The lowest BCUT2D eigenvalue weighted by atomic mass is 10.1. The van der Waals surface area contributed by atoms with Crippen LogP contribution in [0.5, 0.6) is 0 Å². The van der Waals surface area contributed by atoms with Crippen molar-refractivity contribution in [3.8, 4) is 5.69 Å². The van der Waals surface area contributed by atoms with Crippen LogP contribution in [0.4, 0.5) is 0 Å². The van der Waals surface area contributed by atoms with E-state index in [2.05, 4.69) is 37.0 Å². The molecule has 1 aromatic carbocycles. The van der Waals surface area contributed by atoms with Crippen LogP contribution in [0.2, 0.25) is 0 Å². The Hall–Kier alpha value is -1.75. The number of aromatic nitrogens is 2. The molecule has 112 valence electrons. The average Bonchev–Trinajstić information content (AvgIpc) is 2.91. The van der Waals surface area contributed by atoms with E-state index in [0.29, 0.717) is 5.75 Å². The predicted octanol–water partition coefficient (Wildman–Crippen LogP) is 3.06. The SMILES string of the molecule is CCN(C)C(=O)CSc1nccn1-c1cc(C)cc(C)c1. The van der Waals surface area contributed by atoms with Gasteiger partial charge in [0.15, 0.2) is 5.16 Å². The van der Waals surface area contributed by atoms with Crippen LogP contribution in [-0.4, -0.2) is 39.7 Å². The summed E-state index contributed by atoms with van der Waals surface area (Å²) in [5.74, 6) is 0.532. The summed E-state index contributed by atoms with van der Waals surface area (Å²) in [4.78, 5) is 18.0. The van der Waals surface area contributed by atoms with E-state index in [1.165, 1.54) is 22.9 Å². The first-order valence-corrected chi connectivity index (χ1v) is 7.98. The van der Waals surface area contributed by atoms with Crippen LogP contribution in [0.25, 0.3) is 5.69 Å². The van der Waals surface area contributed by atoms with Gasteiger partial charge < -0.3 is 4.90 Å². The zero-order chi connectivity index (χ0) is 15.4. The fraction of sp³-hybridized carbons (Fsp3) is 0.375. The zero-order valence-corrected chi connectivity index (χ0v) is 13.8. The van der Waals surface area contributed by atoms with Gasteiger partial charge in [-0.15, -0.1) is 0 Å². The van der Waals surface area contributed by atoms with Crippen LogP contribution in [0.15, 0.2) is 35.7 Å². The van der Waals surface area contributed by atoms with E-state index in [4.69, 9.17) is 0 Å². The lowest BCUT2D eigenvalue weighted by molar-refractivity contribution is -0.126. The number of hydrogen-bond donors (Lipinski definition) is 0. The first-order chi connectivity index (χ1) is 10.0. The van der Waals surface area contributed by atoms with Gasteiger partial charge in [0.25, 0.3) is 0 Å². The molecule has 0 aliphatic carbocycles. The molecule has 0 aliphatic heterocycles. The molecule has 0 saturated carbocycles. The van der Waals surface area contributed by atoms with E-state index in [9.17, 15) is 4.79 Å². The molecular formula is C16H21N3OS. The monoisotopic (exact) mass is 303 g/mol. The van der Waals surface area contributed by atoms with Crippen molar-refractivity contribution in [2.24, 2.45) is 0 Å². The number of hydrogen-bond acceptors (Lipinski definition) is 3. The molecule has 2 aromatic rings. The van der Waals surface area contributed by atoms with Crippen molar-refractivity contribution in [2.45, 2.75) is 25.9 Å². The van der Waals surface area contributed by atoms with Gasteiger partial charge in [-0.3, -0.25) is 9.36 Å². The van der Waals surface area contributed by atoms with E-state index < -0.39 is 0 Å². The second-order valence-electron chi connectivity index (χ2n) is 5.12. The summed E-state index contributed by atoms with van der Waals surface area (Å²) < 4.78 is 2.03. The quantitative estimate of drug-likeness (QED) is 0.797. The van der Waals surface area contributed by atoms with Gasteiger partial charge >= 0.3 is 0 Å². The highest BCUT2D eigenvalue weighted by molar-refractivity contribution is 7.99. The Morgan fingerprint density at radius 2 is 1.95 bits per heavy atom. The number of nitrogens with zero attached hydrogens (tertiary/aromatic N) is 3. The van der Waals surface area contributed by atoms with E-state index in [1.807, 2.05) is 24.7 Å². The third-order valence-electron chi connectivity index (χ3n) is 3.32. The molecule has 0 fully saturated rings. The molecule has 0 atom stereocenters. The van der Waals surface area contributed by atoms with Gasteiger partial charge in [0.05, 0.1) is 5.75 Å². The topological polar surface area (TPSA) is 38.1 Å². The molecule has 5 heteroatoms. The summed E-state index contributed by atoms with van der Waals surface area (Å²) in [6, 6.07) is 6.39. The molecule has 2 rings (SSSR count). The summed E-state index contributed by atoms with van der Waals surface area (Å²) >= 11 is 1.47. The summed E-state index contributed by atoms with van der Waals surface area (Å²) in [6.45, 7) is 6.86. The Morgan fingerprint density at radius 1 is 1.29 bits per heavy atom. The van der Waals surface area contributed by atoms with Crippen molar-refractivity contribution in [2.75, 3.05) is 19.3 Å². The summed E-state index contributed by atoms with van der Waals surface area (Å²) in [7, 11) is 1.82. The maximum absolute atomic E-state index is 11.9. The molecule has 4 nitrogen and oxygen atoms in total. The number of amides is 1. The Labute approximate surface area is 130 Å². The van der Waals surface area contributed by atoms with Gasteiger partial charge in [-0.2, -0.15) is 0 Å². The number of carbonyl (C=O) groups excluding carboxylic acids is 1. The number of imidazole rings is 1. The van der Waals surface area contributed by atoms with Gasteiger partial charge in [0, 0.05) is 31.7 Å². The van der Waals surface area contributed by atoms with Crippen LogP contribution in [-0.2, 0) is 4.79 Å². The van der Waals surface area contributed by atoms with Crippen LogP contribution >= 0.6 is 11.8 Å². The van der Waals surface area contributed by atoms with Crippen molar-refractivity contribution < 1.29 is 4.79 Å². The van der Waals surface area contributed by atoms with Crippen LogP contribution in [0.3, 0.4) is 0 Å². The molecule has 0 unspecified atom stereocenters.